The lowest BCUT2D eigenvalue weighted by molar-refractivity contribution is -0.119. The van der Waals surface area contributed by atoms with Crippen molar-refractivity contribution in [1.29, 1.82) is 0 Å². The zero-order valence-corrected chi connectivity index (χ0v) is 48.3. The summed E-state index contributed by atoms with van der Waals surface area (Å²) in [6, 6.07) is 35.2. The second kappa shape index (κ2) is 29.1. The summed E-state index contributed by atoms with van der Waals surface area (Å²) in [4.78, 5) is 72.9. The predicted octanol–water partition coefficient (Wildman–Crippen LogP) is 7.52. The molecule has 6 aromatic carbocycles. The Morgan fingerprint density at radius 1 is 0.506 bits per heavy atom. The van der Waals surface area contributed by atoms with Crippen LogP contribution in [-0.4, -0.2) is 130 Å². The first-order chi connectivity index (χ1) is 40.1. The van der Waals surface area contributed by atoms with Crippen molar-refractivity contribution in [3.8, 4) is 5.75 Å². The molecule has 0 aliphatic carbocycles. The number of benzene rings is 6. The molecule has 0 fully saturated rings. The number of aryl methyl sites for hydroxylation is 2. The predicted molar refractivity (Wildman–Crippen MR) is 336 cm³/mol. The molecule has 6 aliphatic rings. The van der Waals surface area contributed by atoms with Crippen molar-refractivity contribution >= 4 is 115 Å². The topological polar surface area (TPSA) is 274 Å². The van der Waals surface area contributed by atoms with Crippen LogP contribution >= 0.6 is 0 Å². The standard InChI is InChI=1S/C12H16N2O2.C11H14N2O.C10H13N3O.C10H12N2O.C9H11N3O.C9H10N2O2/c1-13-10-3-2-4-11-9(10)5-6-12(16)14(11)7-8-15;1-12-9-5-3-8-4-6-11(14)13(2)10(8)7-9;1-11-7-4-3-5-8-10(7)13(2)6-9(14)12-8;1-11-8-4-2-7-3-5-10(13)12-9(7)6-8;1-10-6-3-2-4-7-9(6)11-5-8(13)12-7;1-10-6-3-2-4-7-9(6)13-5-8(12)11-7/h2-4,13,15H,5-8H2,1H3;3,5,7,12H,4,6H2,1-2H3;3-5,11H,6H2,1-2H3,(H,12,14);2,4,6,11H,3,5H2,1H3,(H,12,13);2-4,10-11H,5H2,1H3,(H,12,13);2-4,10H,5H2,1H3,(H,11,12). The fourth-order valence-electron chi connectivity index (χ4n) is 9.96. The number of nitrogens with zero attached hydrogens (tertiary/aromatic N) is 3. The van der Waals surface area contributed by atoms with Gasteiger partial charge < -0.3 is 83.0 Å². The molecule has 0 saturated carbocycles. The maximum Gasteiger partial charge on any atom is 0.262 e. The quantitative estimate of drug-likeness (QED) is 0.0703. The third-order valence-corrected chi connectivity index (χ3v) is 14.2. The second-order valence-corrected chi connectivity index (χ2v) is 19.5. The van der Waals surface area contributed by atoms with Crippen molar-refractivity contribution in [2.75, 3.05) is 162 Å². The molecule has 12 N–H and O–H groups in total. The van der Waals surface area contributed by atoms with Crippen LogP contribution in [0.15, 0.2) is 109 Å². The highest BCUT2D eigenvalue weighted by Crippen LogP contribution is 2.38. The molecular formula is C61H76N14O8. The molecule has 0 saturated heterocycles. The Balaban J connectivity index is 0.000000143. The van der Waals surface area contributed by atoms with Crippen molar-refractivity contribution < 1.29 is 38.6 Å². The Morgan fingerprint density at radius 2 is 1.08 bits per heavy atom. The van der Waals surface area contributed by atoms with E-state index in [4.69, 9.17) is 9.84 Å². The van der Waals surface area contributed by atoms with Gasteiger partial charge >= 0.3 is 0 Å². The molecule has 0 spiro atoms. The Bertz CT molecular complexity index is 3240. The number of fused-ring (bicyclic) bond motifs is 6. The zero-order valence-electron chi connectivity index (χ0n) is 48.3. The van der Waals surface area contributed by atoms with E-state index in [1.807, 2.05) is 158 Å². The molecule has 438 valence electrons. The molecule has 12 rings (SSSR count). The van der Waals surface area contributed by atoms with Crippen LogP contribution in [-0.2, 0) is 48.0 Å². The molecule has 0 unspecified atom stereocenters. The Hall–Kier alpha value is -9.70. The normalized spacial score (nSPS) is 14.6. The lowest BCUT2D eigenvalue weighted by atomic mass is 9.99. The van der Waals surface area contributed by atoms with E-state index in [0.29, 0.717) is 44.6 Å². The van der Waals surface area contributed by atoms with E-state index in [2.05, 4.69) is 70.6 Å². The van der Waals surface area contributed by atoms with Crippen LogP contribution in [0.1, 0.15) is 36.0 Å². The van der Waals surface area contributed by atoms with Crippen LogP contribution in [0.25, 0.3) is 0 Å². The van der Waals surface area contributed by atoms with Gasteiger partial charge in [-0.15, -0.1) is 0 Å². The van der Waals surface area contributed by atoms with Gasteiger partial charge in [-0.05, 0) is 109 Å². The van der Waals surface area contributed by atoms with Crippen LogP contribution in [0.4, 0.5) is 79.6 Å². The number of β-amino-alcohol motifs (C(OH)–C–C–N with tert-alkyl or cyclic N) is 1. The molecule has 22 nitrogen and oxygen atoms in total. The SMILES string of the molecule is CNc1ccc2c(c1)N(C)C(=O)CC2.CNc1ccc2c(c1)NC(=O)CC2.CNc1cccc2c1CCC(=O)N2CCO.CNc1cccc2c1N(C)CC(=O)N2.CNc1cccc2c1NCC(=O)N2.CNc1cccc2c1OCC(=O)N2. The third kappa shape index (κ3) is 15.4. The van der Waals surface area contributed by atoms with Crippen LogP contribution in [0, 0.1) is 0 Å². The maximum absolute atomic E-state index is 11.7. The van der Waals surface area contributed by atoms with Crippen LogP contribution in [0.5, 0.6) is 5.75 Å². The number of amides is 6. The average molecular weight is 1130 g/mol. The number of hydrogen-bond donors (Lipinski definition) is 12. The fourth-order valence-corrected chi connectivity index (χ4v) is 9.96. The molecule has 83 heavy (non-hydrogen) atoms. The number of rotatable bonds is 8. The highest BCUT2D eigenvalue weighted by Gasteiger charge is 2.26. The average Bonchev–Trinajstić information content (AvgIpc) is 3.69. The van der Waals surface area contributed by atoms with Crippen molar-refractivity contribution in [3.05, 3.63) is 126 Å². The van der Waals surface area contributed by atoms with E-state index in [-0.39, 0.29) is 48.7 Å². The van der Waals surface area contributed by atoms with Gasteiger partial charge in [0.2, 0.25) is 29.5 Å². The molecule has 0 atom stereocenters. The lowest BCUT2D eigenvalue weighted by Crippen LogP contribution is -2.37. The van der Waals surface area contributed by atoms with Crippen LogP contribution in [0.2, 0.25) is 0 Å². The van der Waals surface area contributed by atoms with E-state index in [1.165, 1.54) is 11.1 Å². The second-order valence-electron chi connectivity index (χ2n) is 19.5. The highest BCUT2D eigenvalue weighted by molar-refractivity contribution is 6.05. The number of aliphatic hydroxyl groups excluding tert-OH is 1. The minimum absolute atomic E-state index is 0.000697. The summed E-state index contributed by atoms with van der Waals surface area (Å²) in [6.07, 6.45) is 4.24. The Kier molecular flexibility index (Phi) is 21.4. The van der Waals surface area contributed by atoms with Crippen molar-refractivity contribution in [2.45, 2.75) is 38.5 Å². The van der Waals surface area contributed by atoms with Crippen molar-refractivity contribution in [3.63, 3.8) is 0 Å². The van der Waals surface area contributed by atoms with Gasteiger partial charge in [0, 0.05) is 116 Å². The fraction of sp³-hybridized carbons (Fsp3) is 0.311. The zero-order chi connectivity index (χ0) is 59.6. The van der Waals surface area contributed by atoms with Crippen molar-refractivity contribution in [2.24, 2.45) is 0 Å². The van der Waals surface area contributed by atoms with Crippen LogP contribution < -0.4 is 77.9 Å². The number of hydrogen-bond acceptors (Lipinski definition) is 16. The van der Waals surface area contributed by atoms with Gasteiger partial charge in [-0.2, -0.15) is 0 Å². The van der Waals surface area contributed by atoms with Gasteiger partial charge in [0.05, 0.1) is 65.2 Å². The van der Waals surface area contributed by atoms with E-state index in [1.54, 1.807) is 9.80 Å². The summed E-state index contributed by atoms with van der Waals surface area (Å²) in [5.41, 5.74) is 17.1. The molecule has 0 bridgehead atoms. The lowest BCUT2D eigenvalue weighted by Gasteiger charge is -2.30. The Morgan fingerprint density at radius 3 is 1.78 bits per heavy atom. The molecular weight excluding hydrogens is 1060 g/mol. The van der Waals surface area contributed by atoms with Gasteiger partial charge in [-0.25, -0.2) is 0 Å². The minimum Gasteiger partial charge on any atom is -0.479 e. The minimum atomic E-state index is -0.110. The van der Waals surface area contributed by atoms with Gasteiger partial charge in [-0.3, -0.25) is 28.8 Å². The van der Waals surface area contributed by atoms with Gasteiger partial charge in [-0.1, -0.05) is 36.4 Å². The largest absolute Gasteiger partial charge is 0.479 e. The summed E-state index contributed by atoms with van der Waals surface area (Å²) in [5, 5.41) is 41.7. The van der Waals surface area contributed by atoms with Gasteiger partial charge in [0.1, 0.15) is 0 Å². The molecule has 0 aromatic heterocycles. The maximum atomic E-state index is 11.7. The molecule has 6 aliphatic heterocycles. The summed E-state index contributed by atoms with van der Waals surface area (Å²) >= 11 is 0. The number of nitrogens with one attached hydrogen (secondary N) is 11. The summed E-state index contributed by atoms with van der Waals surface area (Å²) in [6.45, 7) is 1.21. The van der Waals surface area contributed by atoms with E-state index in [0.717, 1.165) is 104 Å². The third-order valence-electron chi connectivity index (χ3n) is 14.2. The number of anilines is 14. The smallest absolute Gasteiger partial charge is 0.262 e. The van der Waals surface area contributed by atoms with E-state index in [9.17, 15) is 28.8 Å². The van der Waals surface area contributed by atoms with Crippen LogP contribution in [0.3, 0.4) is 0 Å². The van der Waals surface area contributed by atoms with E-state index >= 15 is 0 Å². The van der Waals surface area contributed by atoms with Gasteiger partial charge in [0.25, 0.3) is 5.91 Å². The number of likely N-dealkylation sites (N-methyl/N-ethyl adjacent to an activating group) is 1. The summed E-state index contributed by atoms with van der Waals surface area (Å²) < 4.78 is 5.28. The monoisotopic (exact) mass is 1130 g/mol. The first kappa shape index (κ1) is 60.9. The molecule has 6 heterocycles. The summed E-state index contributed by atoms with van der Waals surface area (Å²) in [7, 11) is 14.9. The van der Waals surface area contributed by atoms with E-state index < -0.39 is 0 Å². The van der Waals surface area contributed by atoms with Gasteiger partial charge in [0.15, 0.2) is 12.4 Å². The molecule has 6 amide bonds. The first-order valence-electron chi connectivity index (χ1n) is 27.4. The highest BCUT2D eigenvalue weighted by atomic mass is 16.5. The van der Waals surface area contributed by atoms with Crippen molar-refractivity contribution in [1.82, 2.24) is 0 Å². The Labute approximate surface area is 484 Å². The number of carbonyl (C=O) groups excluding carboxylic acids is 6. The summed E-state index contributed by atoms with van der Waals surface area (Å²) in [5.74, 6) is 1.04. The molecule has 0 radical (unpaired) electrons. The first-order valence-corrected chi connectivity index (χ1v) is 27.4. The molecule has 6 aromatic rings. The number of ether oxygens (including phenoxy) is 1. The number of aliphatic hydroxyl groups is 1. The number of carbonyl (C=O) groups is 6. The number of para-hydroxylation sites is 3. The molecule has 22 heteroatoms.